The van der Waals surface area contributed by atoms with Crippen LogP contribution in [-0.2, 0) is 0 Å². The molecule has 0 saturated carbocycles. The Morgan fingerprint density at radius 3 is 2.09 bits per heavy atom. The van der Waals surface area contributed by atoms with Gasteiger partial charge in [-0.25, -0.2) is 15.0 Å². The molecule has 1 heterocycles. The number of carbonyl (C=O) groups excluding carboxylic acids is 2. The van der Waals surface area contributed by atoms with E-state index in [4.69, 9.17) is 10.8 Å². The number of anilines is 1. The number of primary amides is 1. The number of hydrogen-bond donors (Lipinski definition) is 4. The maximum Gasteiger partial charge on any atom is 0.407 e. The number of nitrogens with one attached hydrogen (secondary N) is 2. The van der Waals surface area contributed by atoms with Gasteiger partial charge in [-0.3, -0.25) is 10.2 Å². The third kappa shape index (κ3) is 3.78. The summed E-state index contributed by atoms with van der Waals surface area (Å²) in [6, 6.07) is 5.94. The number of rotatable bonds is 2. The molecular weight excluding hydrogens is 290 g/mol. The number of amides is 4. The van der Waals surface area contributed by atoms with E-state index in [1.165, 1.54) is 4.90 Å². The monoisotopic (exact) mass is 307 g/mol. The van der Waals surface area contributed by atoms with Crippen LogP contribution in [0.1, 0.15) is 10.4 Å². The average molecular weight is 307 g/mol. The van der Waals surface area contributed by atoms with Gasteiger partial charge in [0.1, 0.15) is 0 Å². The van der Waals surface area contributed by atoms with Gasteiger partial charge in [-0.05, 0) is 24.3 Å². The minimum Gasteiger partial charge on any atom is -0.465 e. The first-order valence-electron chi connectivity index (χ1n) is 6.66. The molecule has 1 aliphatic heterocycles. The lowest BCUT2D eigenvalue weighted by Crippen LogP contribution is -2.48. The second kappa shape index (κ2) is 6.66. The van der Waals surface area contributed by atoms with Gasteiger partial charge in [-0.1, -0.05) is 0 Å². The summed E-state index contributed by atoms with van der Waals surface area (Å²) in [4.78, 5) is 36.5. The fraction of sp³-hybridized carbons (Fsp3) is 0.308. The Labute approximate surface area is 126 Å². The lowest BCUT2D eigenvalue weighted by Gasteiger charge is -2.34. The van der Waals surface area contributed by atoms with Crippen molar-refractivity contribution in [3.63, 3.8) is 0 Å². The zero-order chi connectivity index (χ0) is 16.1. The Hall–Kier alpha value is -2.97. The third-order valence-corrected chi connectivity index (χ3v) is 3.34. The van der Waals surface area contributed by atoms with Crippen LogP contribution in [0.25, 0.3) is 0 Å². The number of hydrazine groups is 1. The molecule has 0 spiro atoms. The van der Waals surface area contributed by atoms with Crippen LogP contribution >= 0.6 is 0 Å². The number of hydrogen-bond acceptors (Lipinski definition) is 4. The summed E-state index contributed by atoms with van der Waals surface area (Å²) in [6.07, 6.45) is -0.909. The van der Waals surface area contributed by atoms with Crippen molar-refractivity contribution in [2.75, 3.05) is 31.1 Å². The first kappa shape index (κ1) is 15.4. The fourth-order valence-electron chi connectivity index (χ4n) is 2.17. The van der Waals surface area contributed by atoms with E-state index in [0.717, 1.165) is 5.69 Å². The zero-order valence-electron chi connectivity index (χ0n) is 11.8. The highest BCUT2D eigenvalue weighted by Crippen LogP contribution is 2.17. The largest absolute Gasteiger partial charge is 0.465 e. The number of carboxylic acid groups (broad SMARTS) is 1. The van der Waals surface area contributed by atoms with Crippen molar-refractivity contribution in [1.29, 1.82) is 0 Å². The van der Waals surface area contributed by atoms with E-state index in [1.807, 2.05) is 10.3 Å². The number of nitrogens with zero attached hydrogens (tertiary/aromatic N) is 2. The molecule has 0 aliphatic carbocycles. The molecule has 4 amide bonds. The lowest BCUT2D eigenvalue weighted by atomic mass is 10.1. The van der Waals surface area contributed by atoms with Gasteiger partial charge in [0.05, 0.1) is 0 Å². The van der Waals surface area contributed by atoms with Gasteiger partial charge in [0.25, 0.3) is 5.91 Å². The SMILES string of the molecule is NC(=O)NNC(=O)c1ccc(N2CCN(C(=O)O)CC2)cc1. The van der Waals surface area contributed by atoms with E-state index in [9.17, 15) is 14.4 Å². The Bertz CT molecular complexity index is 566. The number of carbonyl (C=O) groups is 3. The summed E-state index contributed by atoms with van der Waals surface area (Å²) in [5, 5.41) is 8.91. The predicted octanol–water partition coefficient (Wildman–Crippen LogP) is -0.200. The van der Waals surface area contributed by atoms with Crippen LogP contribution in [0.2, 0.25) is 0 Å². The van der Waals surface area contributed by atoms with E-state index in [0.29, 0.717) is 31.7 Å². The summed E-state index contributed by atoms with van der Waals surface area (Å²) in [7, 11) is 0. The maximum atomic E-state index is 11.7. The molecule has 1 fully saturated rings. The summed E-state index contributed by atoms with van der Waals surface area (Å²) in [5.41, 5.74) is 10.3. The highest BCUT2D eigenvalue weighted by molar-refractivity contribution is 5.95. The number of urea groups is 1. The Balaban J connectivity index is 1.93. The number of nitrogens with two attached hydrogens (primary N) is 1. The lowest BCUT2D eigenvalue weighted by molar-refractivity contribution is 0.0937. The van der Waals surface area contributed by atoms with Crippen LogP contribution in [0, 0.1) is 0 Å². The van der Waals surface area contributed by atoms with Gasteiger partial charge in [0.2, 0.25) is 0 Å². The summed E-state index contributed by atoms with van der Waals surface area (Å²) in [6.45, 7) is 2.09. The topological polar surface area (TPSA) is 128 Å². The Morgan fingerprint density at radius 2 is 1.59 bits per heavy atom. The van der Waals surface area contributed by atoms with Gasteiger partial charge in [-0.15, -0.1) is 0 Å². The first-order chi connectivity index (χ1) is 10.5. The average Bonchev–Trinajstić information content (AvgIpc) is 2.53. The van der Waals surface area contributed by atoms with Crippen molar-refractivity contribution in [2.24, 2.45) is 5.73 Å². The predicted molar refractivity (Wildman–Crippen MR) is 78.4 cm³/mol. The highest BCUT2D eigenvalue weighted by Gasteiger charge is 2.20. The van der Waals surface area contributed by atoms with Gasteiger partial charge < -0.3 is 20.6 Å². The van der Waals surface area contributed by atoms with Crippen LogP contribution in [0.3, 0.4) is 0 Å². The molecule has 5 N–H and O–H groups in total. The van der Waals surface area contributed by atoms with Gasteiger partial charge in [0.15, 0.2) is 0 Å². The molecule has 0 bridgehead atoms. The molecule has 9 nitrogen and oxygen atoms in total. The number of benzene rings is 1. The molecule has 0 atom stereocenters. The van der Waals surface area contributed by atoms with Crippen molar-refractivity contribution in [1.82, 2.24) is 15.8 Å². The Morgan fingerprint density at radius 1 is 1.00 bits per heavy atom. The van der Waals surface area contributed by atoms with Crippen molar-refractivity contribution >= 4 is 23.7 Å². The van der Waals surface area contributed by atoms with E-state index >= 15 is 0 Å². The quantitative estimate of drug-likeness (QED) is 0.563. The van der Waals surface area contributed by atoms with Crippen LogP contribution in [0.5, 0.6) is 0 Å². The molecule has 1 aromatic carbocycles. The molecule has 9 heteroatoms. The second-order valence-electron chi connectivity index (χ2n) is 4.75. The Kier molecular flexibility index (Phi) is 4.66. The molecule has 1 aliphatic rings. The molecule has 0 radical (unpaired) electrons. The van der Waals surface area contributed by atoms with Crippen LogP contribution in [-0.4, -0.2) is 54.2 Å². The van der Waals surface area contributed by atoms with E-state index in [-0.39, 0.29) is 0 Å². The van der Waals surface area contributed by atoms with Crippen LogP contribution in [0.15, 0.2) is 24.3 Å². The molecule has 0 unspecified atom stereocenters. The van der Waals surface area contributed by atoms with Gasteiger partial charge >= 0.3 is 12.1 Å². The van der Waals surface area contributed by atoms with Gasteiger partial charge in [0, 0.05) is 37.4 Å². The molecule has 1 saturated heterocycles. The van der Waals surface area contributed by atoms with E-state index in [2.05, 4.69) is 5.43 Å². The highest BCUT2D eigenvalue weighted by atomic mass is 16.4. The van der Waals surface area contributed by atoms with Crippen molar-refractivity contribution < 1.29 is 19.5 Å². The minimum atomic E-state index is -0.909. The maximum absolute atomic E-state index is 11.7. The van der Waals surface area contributed by atoms with E-state index in [1.54, 1.807) is 24.3 Å². The fourth-order valence-corrected chi connectivity index (χ4v) is 2.17. The summed E-state index contributed by atoms with van der Waals surface area (Å²) >= 11 is 0. The first-order valence-corrected chi connectivity index (χ1v) is 6.66. The summed E-state index contributed by atoms with van der Waals surface area (Å²) in [5.74, 6) is -0.471. The van der Waals surface area contributed by atoms with Crippen LogP contribution in [0.4, 0.5) is 15.3 Å². The molecule has 2 rings (SSSR count). The normalized spacial score (nSPS) is 14.4. The van der Waals surface area contributed by atoms with Gasteiger partial charge in [-0.2, -0.15) is 0 Å². The molecule has 1 aromatic rings. The molecule has 118 valence electrons. The smallest absolute Gasteiger partial charge is 0.407 e. The number of piperazine rings is 1. The van der Waals surface area contributed by atoms with Crippen molar-refractivity contribution in [3.05, 3.63) is 29.8 Å². The zero-order valence-corrected chi connectivity index (χ0v) is 11.8. The molecule has 0 aromatic heterocycles. The van der Waals surface area contributed by atoms with Crippen LogP contribution < -0.4 is 21.5 Å². The minimum absolute atomic E-state index is 0.377. The van der Waals surface area contributed by atoms with Crippen molar-refractivity contribution in [3.8, 4) is 0 Å². The second-order valence-corrected chi connectivity index (χ2v) is 4.75. The van der Waals surface area contributed by atoms with E-state index < -0.39 is 18.0 Å². The molecule has 22 heavy (non-hydrogen) atoms. The molecular formula is C13H17N5O4. The third-order valence-electron chi connectivity index (χ3n) is 3.34. The summed E-state index contributed by atoms with van der Waals surface area (Å²) < 4.78 is 0. The standard InChI is InChI=1S/C13H17N5O4/c14-12(20)16-15-11(19)9-1-3-10(4-2-9)17-5-7-18(8-6-17)13(21)22/h1-4H,5-8H2,(H,15,19)(H,21,22)(H3,14,16,20). The van der Waals surface area contributed by atoms with Crippen molar-refractivity contribution in [2.45, 2.75) is 0 Å².